The number of allylic oxidation sites excluding steroid dienone is 2. The zero-order valence-electron chi connectivity index (χ0n) is 21.3. The van der Waals surface area contributed by atoms with Gasteiger partial charge in [0.2, 0.25) is 0 Å². The lowest BCUT2D eigenvalue weighted by Crippen LogP contribution is -2.58. The molecular weight excluding hydrogens is 493 g/mol. The van der Waals surface area contributed by atoms with Crippen LogP contribution in [-0.2, 0) is 0 Å². The average Bonchev–Trinajstić information content (AvgIpc) is 3.11. The molecule has 5 rings (SSSR count). The van der Waals surface area contributed by atoms with E-state index < -0.39 is 29.9 Å². The van der Waals surface area contributed by atoms with Crippen molar-refractivity contribution in [1.29, 1.82) is 0 Å². The number of nitrogens with zero attached hydrogens (tertiary/aromatic N) is 4. The first-order chi connectivity index (χ1) is 17.5. The van der Waals surface area contributed by atoms with Crippen molar-refractivity contribution in [3.63, 3.8) is 0 Å². The molecule has 1 saturated heterocycles. The molecule has 0 radical (unpaired) electrons. The summed E-state index contributed by atoms with van der Waals surface area (Å²) in [4.78, 5) is 7.48. The maximum Gasteiger partial charge on any atom is 0.405 e. The highest BCUT2D eigenvalue weighted by atomic mass is 19.4. The molecule has 3 aliphatic heterocycles. The van der Waals surface area contributed by atoms with Crippen LogP contribution in [0.25, 0.3) is 5.57 Å². The van der Waals surface area contributed by atoms with Gasteiger partial charge < -0.3 is 15.5 Å². The van der Waals surface area contributed by atoms with Crippen molar-refractivity contribution in [2.24, 2.45) is 4.99 Å². The Labute approximate surface area is 212 Å². The Kier molecular flexibility index (Phi) is 7.31. The van der Waals surface area contributed by atoms with Gasteiger partial charge in [0.25, 0.3) is 0 Å². The van der Waals surface area contributed by atoms with Crippen LogP contribution in [0.4, 0.5) is 27.6 Å². The molecule has 12 heteroatoms. The Morgan fingerprint density at radius 3 is 2.41 bits per heavy atom. The van der Waals surface area contributed by atoms with Crippen molar-refractivity contribution in [3.05, 3.63) is 64.4 Å². The molecule has 0 aliphatic carbocycles. The third kappa shape index (κ3) is 4.94. The molecule has 2 atom stereocenters. The summed E-state index contributed by atoms with van der Waals surface area (Å²) in [5, 5.41) is 13.5. The summed E-state index contributed by atoms with van der Waals surface area (Å²) in [6, 6.07) is 1.54. The Balaban J connectivity index is 0.00000156. The first-order valence-electron chi connectivity index (χ1n) is 12.1. The fourth-order valence-corrected chi connectivity index (χ4v) is 4.64. The number of benzene rings is 1. The second-order valence-corrected chi connectivity index (χ2v) is 8.93. The van der Waals surface area contributed by atoms with Crippen molar-refractivity contribution < 1.29 is 22.0 Å². The number of alkyl halides is 3. The van der Waals surface area contributed by atoms with Gasteiger partial charge in [-0.2, -0.15) is 18.3 Å². The van der Waals surface area contributed by atoms with Crippen molar-refractivity contribution in [3.8, 4) is 0 Å². The van der Waals surface area contributed by atoms with Crippen LogP contribution >= 0.6 is 0 Å². The van der Waals surface area contributed by atoms with Gasteiger partial charge in [0.15, 0.2) is 0 Å². The molecule has 4 heterocycles. The normalized spacial score (nSPS) is 21.9. The van der Waals surface area contributed by atoms with Gasteiger partial charge in [-0.05, 0) is 39.1 Å². The van der Waals surface area contributed by atoms with Crippen LogP contribution < -0.4 is 10.6 Å². The van der Waals surface area contributed by atoms with E-state index >= 15 is 0 Å². The largest absolute Gasteiger partial charge is 0.405 e. The molecule has 1 aromatic heterocycles. The first-order valence-corrected chi connectivity index (χ1v) is 12.1. The molecule has 0 amide bonds. The number of H-pyrrole nitrogens is 1. The summed E-state index contributed by atoms with van der Waals surface area (Å²) in [7, 11) is 1.47. The molecule has 0 saturated carbocycles. The van der Waals surface area contributed by atoms with Crippen LogP contribution in [-0.4, -0.2) is 70.8 Å². The predicted molar refractivity (Wildman–Crippen MR) is 132 cm³/mol. The number of fused-ring (bicyclic) bond motifs is 2. The number of halogens is 5. The number of hydrogen-bond acceptors (Lipinski definition) is 6. The first kappa shape index (κ1) is 26.6. The molecule has 2 unspecified atom stereocenters. The number of amidine groups is 1. The molecule has 0 spiro atoms. The van der Waals surface area contributed by atoms with Crippen molar-refractivity contribution in [2.75, 3.05) is 26.7 Å². The minimum Gasteiger partial charge on any atom is -0.364 e. The number of nitrogens with one attached hydrogen (secondary N) is 3. The van der Waals surface area contributed by atoms with Crippen LogP contribution in [0, 0.1) is 18.6 Å². The molecule has 7 nitrogen and oxygen atoms in total. The quantitative estimate of drug-likeness (QED) is 0.509. The summed E-state index contributed by atoms with van der Waals surface area (Å²) < 4.78 is 70.0. The van der Waals surface area contributed by atoms with Crippen molar-refractivity contribution >= 4 is 17.1 Å². The summed E-state index contributed by atoms with van der Waals surface area (Å²) in [6.07, 6.45) is -2.64. The van der Waals surface area contributed by atoms with Crippen LogP contribution in [0.5, 0.6) is 0 Å². The molecule has 200 valence electrons. The zero-order chi connectivity index (χ0) is 27.1. The van der Waals surface area contributed by atoms with E-state index in [-0.39, 0.29) is 24.5 Å². The van der Waals surface area contributed by atoms with E-state index in [1.54, 1.807) is 17.9 Å². The number of aromatic amines is 1. The van der Waals surface area contributed by atoms with E-state index in [9.17, 15) is 22.0 Å². The van der Waals surface area contributed by atoms with Crippen molar-refractivity contribution in [1.82, 2.24) is 30.6 Å². The monoisotopic (exact) mass is 523 g/mol. The van der Waals surface area contributed by atoms with Crippen LogP contribution in [0.2, 0.25) is 0 Å². The molecule has 0 bridgehead atoms. The van der Waals surface area contributed by atoms with E-state index in [0.717, 1.165) is 12.1 Å². The predicted octanol–water partition coefficient (Wildman–Crippen LogP) is 4.43. The molecule has 3 N–H and O–H groups in total. The van der Waals surface area contributed by atoms with Gasteiger partial charge in [-0.25, -0.2) is 13.8 Å². The number of piperazine rings is 1. The standard InChI is InChI=1S/C23H24F5N7.C2H6/c1-11-19-13(9-17(29-11)35-8-7-34(3)16(10-35)23(26,27)28)21-20(12(2)32-33-21)31-22(30-19)18-14(24)5-4-6-15(18)25;1-2/h4-6,9,11,16,29H,7-8,10H2,1-3H3,(H,30,31)(H,32,33);1-2H3. The Morgan fingerprint density at radius 1 is 1.08 bits per heavy atom. The number of hydrogen-bond donors (Lipinski definition) is 3. The fraction of sp³-hybridized carbons (Fsp3) is 0.440. The van der Waals surface area contributed by atoms with Gasteiger partial charge in [0.05, 0.1) is 17.3 Å². The van der Waals surface area contributed by atoms with Gasteiger partial charge >= 0.3 is 6.18 Å². The number of dihydropyridines is 1. The zero-order valence-corrected chi connectivity index (χ0v) is 21.3. The van der Waals surface area contributed by atoms with E-state index in [2.05, 4.69) is 25.8 Å². The van der Waals surface area contributed by atoms with Crippen LogP contribution in [0.15, 0.2) is 40.8 Å². The third-order valence-electron chi connectivity index (χ3n) is 6.58. The Hall–Kier alpha value is -3.41. The van der Waals surface area contributed by atoms with E-state index in [1.807, 2.05) is 20.8 Å². The van der Waals surface area contributed by atoms with Crippen molar-refractivity contribution in [2.45, 2.75) is 46.0 Å². The molecule has 3 aliphatic rings. The second-order valence-electron chi connectivity index (χ2n) is 8.93. The van der Waals surface area contributed by atoms with E-state index in [0.29, 0.717) is 40.7 Å². The lowest BCUT2D eigenvalue weighted by Gasteiger charge is -2.43. The number of aromatic nitrogens is 2. The number of aliphatic imine (C=N–C) groups is 1. The lowest BCUT2D eigenvalue weighted by atomic mass is 9.99. The topological polar surface area (TPSA) is 71.6 Å². The highest BCUT2D eigenvalue weighted by molar-refractivity contribution is 6.05. The van der Waals surface area contributed by atoms with Gasteiger partial charge in [-0.3, -0.25) is 10.00 Å². The molecular formula is C25H30F5N7. The summed E-state index contributed by atoms with van der Waals surface area (Å²) in [5.74, 6) is -1.04. The second kappa shape index (κ2) is 10.2. The summed E-state index contributed by atoms with van der Waals surface area (Å²) in [5.41, 5.74) is 2.27. The maximum atomic E-state index is 14.6. The maximum absolute atomic E-state index is 14.6. The van der Waals surface area contributed by atoms with Crippen LogP contribution in [0.1, 0.15) is 37.7 Å². The highest BCUT2D eigenvalue weighted by Crippen LogP contribution is 2.37. The van der Waals surface area contributed by atoms with E-state index in [1.165, 1.54) is 18.0 Å². The average molecular weight is 524 g/mol. The summed E-state index contributed by atoms with van der Waals surface area (Å²) in [6.45, 7) is 7.97. The van der Waals surface area contributed by atoms with E-state index in [4.69, 9.17) is 0 Å². The Bertz CT molecular complexity index is 1240. The smallest absolute Gasteiger partial charge is 0.364 e. The van der Waals surface area contributed by atoms with Gasteiger partial charge in [0.1, 0.15) is 40.7 Å². The number of aryl methyl sites for hydroxylation is 1. The minimum atomic E-state index is -4.36. The lowest BCUT2D eigenvalue weighted by molar-refractivity contribution is -0.191. The minimum absolute atomic E-state index is 0.0152. The van der Waals surface area contributed by atoms with Crippen LogP contribution in [0.3, 0.4) is 0 Å². The molecule has 1 fully saturated rings. The molecule has 37 heavy (non-hydrogen) atoms. The van der Waals surface area contributed by atoms with Gasteiger partial charge in [-0.15, -0.1) is 0 Å². The van der Waals surface area contributed by atoms with Gasteiger partial charge in [0, 0.05) is 30.9 Å². The fourth-order valence-electron chi connectivity index (χ4n) is 4.64. The summed E-state index contributed by atoms with van der Waals surface area (Å²) >= 11 is 0. The van der Waals surface area contributed by atoms with Gasteiger partial charge in [-0.1, -0.05) is 19.9 Å². The highest BCUT2D eigenvalue weighted by Gasteiger charge is 2.46. The number of likely N-dealkylation sites (N-methyl/N-ethyl adjacent to an activating group) is 1. The molecule has 2 aromatic rings. The molecule has 1 aromatic carbocycles. The third-order valence-corrected chi connectivity index (χ3v) is 6.58. The SMILES string of the molecule is CC.Cc1[nH]nc2c1N=C(c1c(F)cccc1F)NC1=C2C=C(N2CCN(C)C(C(F)(F)F)C2)NC1C. The Morgan fingerprint density at radius 2 is 1.76 bits per heavy atom. The number of rotatable bonds is 2.